The number of pyridine rings is 1. The maximum Gasteiger partial charge on any atom is 0.342 e. The summed E-state index contributed by atoms with van der Waals surface area (Å²) in [5.74, 6) is 0.894. The van der Waals surface area contributed by atoms with Crippen molar-refractivity contribution in [1.29, 1.82) is 0 Å². The summed E-state index contributed by atoms with van der Waals surface area (Å²) in [6, 6.07) is 8.10. The summed E-state index contributed by atoms with van der Waals surface area (Å²) >= 11 is 5.91. The fraction of sp³-hybridized carbons (Fsp3) is 0.154. The number of halogens is 1. The Morgan fingerprint density at radius 1 is 1.21 bits per heavy atom. The van der Waals surface area contributed by atoms with Crippen molar-refractivity contribution in [3.63, 3.8) is 0 Å². The van der Waals surface area contributed by atoms with Gasteiger partial charge >= 0.3 is 6.01 Å². The molecule has 0 atom stereocenters. The number of ether oxygens (including phenoxy) is 1. The largest absolute Gasteiger partial charge is 0.403 e. The zero-order chi connectivity index (χ0) is 13.2. The molecule has 0 fully saturated rings. The maximum atomic E-state index is 5.91. The van der Waals surface area contributed by atoms with E-state index in [1.165, 1.54) is 0 Å². The molecule has 96 valence electrons. The standard InChI is InChI=1S/C13H11ClN4O/c1-18-8-16-13(17-18)19-12-11-5-3-2-4-10(11)9(6-14)7-15-12/h2-5,7-8H,6H2,1H3. The van der Waals surface area contributed by atoms with Gasteiger partial charge in [0.2, 0.25) is 5.88 Å². The lowest BCUT2D eigenvalue weighted by molar-refractivity contribution is 0.427. The molecule has 0 spiro atoms. The van der Waals surface area contributed by atoms with Gasteiger partial charge in [-0.15, -0.1) is 16.7 Å². The van der Waals surface area contributed by atoms with Gasteiger partial charge in [-0.1, -0.05) is 18.2 Å². The van der Waals surface area contributed by atoms with E-state index in [0.717, 1.165) is 16.3 Å². The van der Waals surface area contributed by atoms with E-state index in [4.69, 9.17) is 16.3 Å². The first-order valence-corrected chi connectivity index (χ1v) is 6.27. The van der Waals surface area contributed by atoms with E-state index in [-0.39, 0.29) is 6.01 Å². The van der Waals surface area contributed by atoms with Crippen molar-refractivity contribution in [2.24, 2.45) is 7.05 Å². The Labute approximate surface area is 114 Å². The van der Waals surface area contributed by atoms with Gasteiger partial charge in [0, 0.05) is 24.5 Å². The van der Waals surface area contributed by atoms with Gasteiger partial charge in [0.05, 0.1) is 0 Å². The van der Waals surface area contributed by atoms with Crippen molar-refractivity contribution in [2.45, 2.75) is 5.88 Å². The average Bonchev–Trinajstić information content (AvgIpc) is 2.85. The summed E-state index contributed by atoms with van der Waals surface area (Å²) in [6.07, 6.45) is 3.29. The van der Waals surface area contributed by atoms with E-state index in [1.807, 2.05) is 24.3 Å². The van der Waals surface area contributed by atoms with Crippen LogP contribution in [-0.4, -0.2) is 19.7 Å². The van der Waals surface area contributed by atoms with E-state index in [9.17, 15) is 0 Å². The first kappa shape index (κ1) is 11.9. The summed E-state index contributed by atoms with van der Waals surface area (Å²) in [7, 11) is 1.78. The van der Waals surface area contributed by atoms with E-state index >= 15 is 0 Å². The van der Waals surface area contributed by atoms with Crippen LogP contribution in [0.4, 0.5) is 0 Å². The molecule has 0 aliphatic rings. The molecule has 3 rings (SSSR count). The minimum absolute atomic E-state index is 0.277. The molecule has 5 nitrogen and oxygen atoms in total. The highest BCUT2D eigenvalue weighted by atomic mass is 35.5. The molecule has 3 aromatic rings. The summed E-state index contributed by atoms with van der Waals surface area (Å²) in [6.45, 7) is 0. The number of hydrogen-bond acceptors (Lipinski definition) is 4. The van der Waals surface area contributed by atoms with Crippen LogP contribution in [0.1, 0.15) is 5.56 Å². The van der Waals surface area contributed by atoms with Crippen molar-refractivity contribution < 1.29 is 4.74 Å². The highest BCUT2D eigenvalue weighted by molar-refractivity contribution is 6.18. The minimum atomic E-state index is 0.277. The number of aryl methyl sites for hydroxylation is 1. The summed E-state index contributed by atoms with van der Waals surface area (Å²) in [5.41, 5.74) is 0.971. The van der Waals surface area contributed by atoms with E-state index in [2.05, 4.69) is 15.1 Å². The SMILES string of the molecule is Cn1cnc(Oc2ncc(CCl)c3ccccc23)n1. The molecule has 0 saturated carbocycles. The molecule has 1 aromatic carbocycles. The number of hydrogen-bond donors (Lipinski definition) is 0. The third-order valence-corrected chi connectivity index (χ3v) is 3.04. The second-order valence-corrected chi connectivity index (χ2v) is 4.34. The van der Waals surface area contributed by atoms with Crippen LogP contribution in [0.3, 0.4) is 0 Å². The lowest BCUT2D eigenvalue weighted by atomic mass is 10.1. The van der Waals surface area contributed by atoms with E-state index < -0.39 is 0 Å². The molecule has 0 bridgehead atoms. The highest BCUT2D eigenvalue weighted by Gasteiger charge is 2.10. The summed E-state index contributed by atoms with van der Waals surface area (Å²) in [4.78, 5) is 8.31. The molecule has 0 saturated heterocycles. The van der Waals surface area contributed by atoms with Gasteiger partial charge in [0.25, 0.3) is 0 Å². The number of benzene rings is 1. The lowest BCUT2D eigenvalue weighted by Gasteiger charge is -2.07. The molecule has 6 heteroatoms. The second-order valence-electron chi connectivity index (χ2n) is 4.07. The maximum absolute atomic E-state index is 5.91. The van der Waals surface area contributed by atoms with Crippen LogP contribution in [-0.2, 0) is 12.9 Å². The van der Waals surface area contributed by atoms with Crippen molar-refractivity contribution in [2.75, 3.05) is 0 Å². The zero-order valence-electron chi connectivity index (χ0n) is 10.2. The summed E-state index contributed by atoms with van der Waals surface area (Å²) < 4.78 is 7.19. The van der Waals surface area contributed by atoms with Gasteiger partial charge in [-0.25, -0.2) is 4.98 Å². The van der Waals surface area contributed by atoms with Crippen molar-refractivity contribution in [3.8, 4) is 11.9 Å². The molecule has 0 aliphatic carbocycles. The van der Waals surface area contributed by atoms with E-state index in [1.54, 1.807) is 24.3 Å². The van der Waals surface area contributed by atoms with Crippen molar-refractivity contribution in [3.05, 3.63) is 42.4 Å². The molecular formula is C13H11ClN4O. The Morgan fingerprint density at radius 2 is 2.00 bits per heavy atom. The molecule has 19 heavy (non-hydrogen) atoms. The third-order valence-electron chi connectivity index (χ3n) is 2.75. The van der Waals surface area contributed by atoms with Crippen LogP contribution >= 0.6 is 11.6 Å². The topological polar surface area (TPSA) is 52.8 Å². The molecule has 0 N–H and O–H groups in total. The normalized spacial score (nSPS) is 10.8. The molecule has 2 heterocycles. The Morgan fingerprint density at radius 3 is 2.68 bits per heavy atom. The van der Waals surface area contributed by atoms with Crippen LogP contribution in [0.15, 0.2) is 36.8 Å². The van der Waals surface area contributed by atoms with Gasteiger partial charge in [0.1, 0.15) is 6.33 Å². The van der Waals surface area contributed by atoms with Crippen LogP contribution in [0.2, 0.25) is 0 Å². The van der Waals surface area contributed by atoms with Gasteiger partial charge in [-0.05, 0) is 17.0 Å². The van der Waals surface area contributed by atoms with Gasteiger partial charge < -0.3 is 4.74 Å². The van der Waals surface area contributed by atoms with Gasteiger partial charge in [0.15, 0.2) is 0 Å². The minimum Gasteiger partial charge on any atom is -0.403 e. The Balaban J connectivity index is 2.09. The fourth-order valence-electron chi connectivity index (χ4n) is 1.87. The fourth-order valence-corrected chi connectivity index (χ4v) is 2.08. The molecule has 0 amide bonds. The second kappa shape index (κ2) is 4.85. The van der Waals surface area contributed by atoms with Crippen LogP contribution in [0.25, 0.3) is 10.8 Å². The monoisotopic (exact) mass is 274 g/mol. The number of alkyl halides is 1. The lowest BCUT2D eigenvalue weighted by Crippen LogP contribution is -1.94. The Kier molecular flexibility index (Phi) is 3.05. The van der Waals surface area contributed by atoms with Crippen LogP contribution in [0, 0.1) is 0 Å². The predicted molar refractivity (Wildman–Crippen MR) is 72.4 cm³/mol. The van der Waals surface area contributed by atoms with Crippen LogP contribution in [0.5, 0.6) is 11.9 Å². The Bertz CT molecular complexity index is 725. The molecule has 0 aliphatic heterocycles. The first-order valence-electron chi connectivity index (χ1n) is 5.74. The number of nitrogens with zero attached hydrogens (tertiary/aromatic N) is 4. The molecule has 0 unspecified atom stereocenters. The smallest absolute Gasteiger partial charge is 0.342 e. The average molecular weight is 275 g/mol. The molecule has 2 aromatic heterocycles. The molecular weight excluding hydrogens is 264 g/mol. The third kappa shape index (κ3) is 2.24. The van der Waals surface area contributed by atoms with Gasteiger partial charge in [-0.3, -0.25) is 4.68 Å². The van der Waals surface area contributed by atoms with Crippen molar-refractivity contribution >= 4 is 22.4 Å². The quantitative estimate of drug-likeness (QED) is 0.689. The first-order chi connectivity index (χ1) is 9.28. The Hall–Kier alpha value is -2.14. The summed E-state index contributed by atoms with van der Waals surface area (Å²) in [5, 5.41) is 6.00. The number of fused-ring (bicyclic) bond motifs is 1. The van der Waals surface area contributed by atoms with Gasteiger partial charge in [-0.2, -0.15) is 4.98 Å². The predicted octanol–water partition coefficient (Wildman–Crippen LogP) is 2.89. The van der Waals surface area contributed by atoms with Crippen molar-refractivity contribution in [1.82, 2.24) is 19.7 Å². The van der Waals surface area contributed by atoms with E-state index in [0.29, 0.717) is 11.8 Å². The highest BCUT2D eigenvalue weighted by Crippen LogP contribution is 2.28. The zero-order valence-corrected chi connectivity index (χ0v) is 11.0. The van der Waals surface area contributed by atoms with Crippen LogP contribution < -0.4 is 4.74 Å². The number of aromatic nitrogens is 4. The number of rotatable bonds is 3. The molecule has 0 radical (unpaired) electrons.